The first-order valence-corrected chi connectivity index (χ1v) is 10.8. The van der Waals surface area contributed by atoms with Crippen molar-refractivity contribution in [2.75, 3.05) is 12.3 Å². The van der Waals surface area contributed by atoms with Crippen molar-refractivity contribution in [3.63, 3.8) is 0 Å². The van der Waals surface area contributed by atoms with Gasteiger partial charge in [0.25, 0.3) is 0 Å². The van der Waals surface area contributed by atoms with E-state index in [4.69, 9.17) is 0 Å². The Labute approximate surface area is 147 Å². The van der Waals surface area contributed by atoms with Gasteiger partial charge in [0.1, 0.15) is 5.75 Å². The Kier molecular flexibility index (Phi) is 6.65. The third-order valence-corrected chi connectivity index (χ3v) is 6.25. The van der Waals surface area contributed by atoms with E-state index in [1.54, 1.807) is 23.1 Å². The average Bonchev–Trinajstić information content (AvgIpc) is 2.48. The lowest BCUT2D eigenvalue weighted by atomic mass is 9.94. The van der Waals surface area contributed by atoms with Crippen LogP contribution < -0.4 is 0 Å². The van der Waals surface area contributed by atoms with Crippen LogP contribution in [-0.2, 0) is 20.4 Å². The van der Waals surface area contributed by atoms with E-state index in [1.807, 2.05) is 13.0 Å². The highest BCUT2D eigenvalue weighted by molar-refractivity contribution is 9.10. The zero-order chi connectivity index (χ0) is 16.9. The second kappa shape index (κ2) is 8.29. The van der Waals surface area contributed by atoms with E-state index >= 15 is 0 Å². The fourth-order valence-corrected chi connectivity index (χ4v) is 5.01. The van der Waals surface area contributed by atoms with Crippen LogP contribution in [0.25, 0.3) is 0 Å². The molecule has 2 rings (SSSR count). The highest BCUT2D eigenvalue weighted by atomic mass is 79.9. The Bertz CT molecular complexity index is 639. The molecule has 4 nitrogen and oxygen atoms in total. The predicted octanol–water partition coefficient (Wildman–Crippen LogP) is 3.55. The molecule has 0 aliphatic heterocycles. The number of halogens is 1. The normalized spacial score (nSPS) is 16.3. The topological polar surface area (TPSA) is 54.5 Å². The minimum Gasteiger partial charge on any atom is -0.339 e. The smallest absolute Gasteiger partial charge is 0.238 e. The molecule has 1 saturated carbocycles. The van der Waals surface area contributed by atoms with Crippen molar-refractivity contribution >= 4 is 31.7 Å². The average molecular weight is 402 g/mol. The maximum atomic E-state index is 12.5. The molecule has 6 heteroatoms. The van der Waals surface area contributed by atoms with Gasteiger partial charge in [0.15, 0.2) is 9.84 Å². The van der Waals surface area contributed by atoms with Crippen molar-refractivity contribution in [2.24, 2.45) is 0 Å². The minimum absolute atomic E-state index is 0.0968. The summed E-state index contributed by atoms with van der Waals surface area (Å²) in [5, 5.41) is 0. The molecule has 23 heavy (non-hydrogen) atoms. The van der Waals surface area contributed by atoms with Crippen molar-refractivity contribution in [3.05, 3.63) is 34.3 Å². The summed E-state index contributed by atoms with van der Waals surface area (Å²) in [5.74, 6) is -0.751. The van der Waals surface area contributed by atoms with Gasteiger partial charge in [0.2, 0.25) is 5.91 Å². The molecule has 0 spiro atoms. The number of rotatable bonds is 6. The molecule has 1 fully saturated rings. The van der Waals surface area contributed by atoms with E-state index in [-0.39, 0.29) is 17.7 Å². The molecular weight excluding hydrogens is 378 g/mol. The van der Waals surface area contributed by atoms with Crippen LogP contribution in [0.2, 0.25) is 0 Å². The Morgan fingerprint density at radius 3 is 2.57 bits per heavy atom. The number of benzene rings is 1. The molecule has 1 amide bonds. The largest absolute Gasteiger partial charge is 0.339 e. The maximum absolute atomic E-state index is 12.5. The van der Waals surface area contributed by atoms with Crippen LogP contribution in [0.1, 0.15) is 44.6 Å². The summed E-state index contributed by atoms with van der Waals surface area (Å²) in [6.45, 7) is 2.50. The van der Waals surface area contributed by atoms with E-state index in [2.05, 4.69) is 15.9 Å². The van der Waals surface area contributed by atoms with Gasteiger partial charge in [-0.2, -0.15) is 0 Å². The monoisotopic (exact) mass is 401 g/mol. The number of nitrogens with zero attached hydrogens (tertiary/aromatic N) is 1. The molecule has 0 saturated heterocycles. The van der Waals surface area contributed by atoms with E-state index in [0.717, 1.165) is 30.2 Å². The van der Waals surface area contributed by atoms with Gasteiger partial charge in [-0.15, -0.1) is 0 Å². The van der Waals surface area contributed by atoms with Crippen LogP contribution in [0.4, 0.5) is 0 Å². The van der Waals surface area contributed by atoms with E-state index in [1.165, 1.54) is 6.42 Å². The summed E-state index contributed by atoms with van der Waals surface area (Å²) in [7, 11) is -3.46. The number of carbonyl (C=O) groups excluding carboxylic acids is 1. The molecule has 1 aliphatic rings. The van der Waals surface area contributed by atoms with Gasteiger partial charge in [-0.05, 0) is 37.5 Å². The quantitative estimate of drug-likeness (QED) is 0.732. The van der Waals surface area contributed by atoms with Gasteiger partial charge in [-0.1, -0.05) is 47.3 Å². The lowest BCUT2D eigenvalue weighted by molar-refractivity contribution is -0.131. The lowest BCUT2D eigenvalue weighted by Gasteiger charge is -2.33. The van der Waals surface area contributed by atoms with Gasteiger partial charge < -0.3 is 4.90 Å². The molecule has 1 aliphatic carbocycles. The molecule has 0 radical (unpaired) electrons. The molecule has 0 N–H and O–H groups in total. The summed E-state index contributed by atoms with van der Waals surface area (Å²) < 4.78 is 25.6. The Morgan fingerprint density at radius 1 is 1.26 bits per heavy atom. The van der Waals surface area contributed by atoms with Gasteiger partial charge in [-0.3, -0.25) is 4.79 Å². The molecule has 0 unspecified atom stereocenters. The van der Waals surface area contributed by atoms with Crippen LogP contribution in [0, 0.1) is 0 Å². The van der Waals surface area contributed by atoms with Crippen LogP contribution in [0.15, 0.2) is 28.7 Å². The molecule has 1 aromatic carbocycles. The third kappa shape index (κ3) is 5.60. The molecule has 128 valence electrons. The molecule has 0 heterocycles. The zero-order valence-corrected chi connectivity index (χ0v) is 15.9. The van der Waals surface area contributed by atoms with Crippen molar-refractivity contribution < 1.29 is 13.2 Å². The lowest BCUT2D eigenvalue weighted by Crippen LogP contribution is -2.44. The fraction of sp³-hybridized carbons (Fsp3) is 0.588. The standard InChI is InChI=1S/C17H24BrNO3S/c1-2-19(16-9-4-3-5-10-16)17(20)13-23(21,22)12-14-7-6-8-15(18)11-14/h6-8,11,16H,2-5,9-10,12-13H2,1H3. The first-order chi connectivity index (χ1) is 10.9. The summed E-state index contributed by atoms with van der Waals surface area (Å²) in [6.07, 6.45) is 5.44. The number of hydrogen-bond donors (Lipinski definition) is 0. The highest BCUT2D eigenvalue weighted by Crippen LogP contribution is 2.23. The maximum Gasteiger partial charge on any atom is 0.238 e. The van der Waals surface area contributed by atoms with Gasteiger partial charge in [0, 0.05) is 17.1 Å². The van der Waals surface area contributed by atoms with E-state index in [0.29, 0.717) is 12.1 Å². The first-order valence-electron chi connectivity index (χ1n) is 8.15. The Balaban J connectivity index is 2.01. The van der Waals surface area contributed by atoms with E-state index in [9.17, 15) is 13.2 Å². The van der Waals surface area contributed by atoms with Crippen molar-refractivity contribution in [1.82, 2.24) is 4.90 Å². The SMILES string of the molecule is CCN(C(=O)CS(=O)(=O)Cc1cccc(Br)c1)C1CCCCC1. The van der Waals surface area contributed by atoms with E-state index < -0.39 is 15.6 Å². The second-order valence-electron chi connectivity index (χ2n) is 6.13. The molecule has 1 aromatic rings. The van der Waals surface area contributed by atoms with Gasteiger partial charge in [-0.25, -0.2) is 8.42 Å². The van der Waals surface area contributed by atoms with Gasteiger partial charge >= 0.3 is 0 Å². The van der Waals surface area contributed by atoms with Crippen LogP contribution in [-0.4, -0.2) is 37.6 Å². The van der Waals surface area contributed by atoms with Crippen molar-refractivity contribution in [3.8, 4) is 0 Å². The minimum atomic E-state index is -3.46. The van der Waals surface area contributed by atoms with Gasteiger partial charge in [0.05, 0.1) is 5.75 Å². The zero-order valence-electron chi connectivity index (χ0n) is 13.5. The molecular formula is C17H24BrNO3S. The molecule has 0 aromatic heterocycles. The van der Waals surface area contributed by atoms with Crippen LogP contribution in [0.3, 0.4) is 0 Å². The van der Waals surface area contributed by atoms with Crippen molar-refractivity contribution in [1.29, 1.82) is 0 Å². The van der Waals surface area contributed by atoms with Crippen LogP contribution >= 0.6 is 15.9 Å². The first kappa shape index (κ1) is 18.5. The molecule has 0 bridgehead atoms. The third-order valence-electron chi connectivity index (χ3n) is 4.30. The van der Waals surface area contributed by atoms with Crippen LogP contribution in [0.5, 0.6) is 0 Å². The summed E-state index contributed by atoms with van der Waals surface area (Å²) in [6, 6.07) is 7.41. The fourth-order valence-electron chi connectivity index (χ4n) is 3.23. The Hall–Kier alpha value is -0.880. The number of carbonyl (C=O) groups is 1. The predicted molar refractivity (Wildman–Crippen MR) is 95.9 cm³/mol. The number of hydrogen-bond acceptors (Lipinski definition) is 3. The second-order valence-corrected chi connectivity index (χ2v) is 9.11. The van der Waals surface area contributed by atoms with Crippen molar-refractivity contribution in [2.45, 2.75) is 50.8 Å². The molecule has 0 atom stereocenters. The number of amides is 1. The number of sulfone groups is 1. The summed E-state index contributed by atoms with van der Waals surface area (Å²) in [4.78, 5) is 14.2. The summed E-state index contributed by atoms with van der Waals surface area (Å²) in [5.41, 5.74) is 0.702. The summed E-state index contributed by atoms with van der Waals surface area (Å²) >= 11 is 3.34. The Morgan fingerprint density at radius 2 is 1.96 bits per heavy atom. The highest BCUT2D eigenvalue weighted by Gasteiger charge is 2.27.